The Bertz CT molecular complexity index is 732. The molecule has 1 aromatic carbocycles. The van der Waals surface area contributed by atoms with Crippen LogP contribution < -0.4 is 5.56 Å². The van der Waals surface area contributed by atoms with E-state index in [0.29, 0.717) is 31.6 Å². The number of hydrogen-bond donors (Lipinski definition) is 0. The largest absolute Gasteiger partial charge is 0.463 e. The van der Waals surface area contributed by atoms with Crippen LogP contribution in [0.1, 0.15) is 24.6 Å². The van der Waals surface area contributed by atoms with Gasteiger partial charge in [-0.15, -0.1) is 0 Å². The molecule has 2 rings (SSSR count). The summed E-state index contributed by atoms with van der Waals surface area (Å²) in [4.78, 5) is 23.8. The molecule has 0 saturated heterocycles. The van der Waals surface area contributed by atoms with Gasteiger partial charge in [0.25, 0.3) is 5.56 Å². The van der Waals surface area contributed by atoms with Gasteiger partial charge in [0.05, 0.1) is 13.2 Å². The molecule has 0 aliphatic rings. The molecule has 0 spiro atoms. The molecule has 120 valence electrons. The van der Waals surface area contributed by atoms with E-state index < -0.39 is 0 Å². The number of ether oxygens (including phenoxy) is 1. The first-order chi connectivity index (χ1) is 11.1. The van der Waals surface area contributed by atoms with Crippen molar-refractivity contribution in [1.29, 1.82) is 0 Å². The van der Waals surface area contributed by atoms with Crippen LogP contribution in [-0.4, -0.2) is 17.1 Å². The van der Waals surface area contributed by atoms with Gasteiger partial charge in [0.2, 0.25) is 0 Å². The molecule has 0 bridgehead atoms. The average Bonchev–Trinajstić information content (AvgIpc) is 2.56. The fourth-order valence-electron chi connectivity index (χ4n) is 2.34. The maximum absolute atomic E-state index is 12.2. The summed E-state index contributed by atoms with van der Waals surface area (Å²) in [6.45, 7) is 6.38. The third kappa shape index (κ3) is 4.68. The lowest BCUT2D eigenvalue weighted by Crippen LogP contribution is -2.23. The number of hydrogen-bond acceptors (Lipinski definition) is 3. The number of pyridine rings is 1. The summed E-state index contributed by atoms with van der Waals surface area (Å²) in [5.74, 6) is -0.375. The van der Waals surface area contributed by atoms with E-state index in [1.807, 2.05) is 36.4 Å². The van der Waals surface area contributed by atoms with Gasteiger partial charge in [-0.05, 0) is 31.4 Å². The van der Waals surface area contributed by atoms with Crippen LogP contribution in [-0.2, 0) is 22.5 Å². The van der Waals surface area contributed by atoms with Gasteiger partial charge in [0.15, 0.2) is 0 Å². The van der Waals surface area contributed by atoms with E-state index in [1.165, 1.54) is 0 Å². The summed E-state index contributed by atoms with van der Waals surface area (Å²) in [7, 11) is 0. The number of carbonyl (C=O) groups is 1. The highest BCUT2D eigenvalue weighted by molar-refractivity contribution is 5.87. The van der Waals surface area contributed by atoms with Crippen molar-refractivity contribution >= 4 is 5.97 Å². The number of nitrogens with zero attached hydrogens (tertiary/aromatic N) is 1. The quantitative estimate of drug-likeness (QED) is 0.583. The third-order valence-electron chi connectivity index (χ3n) is 3.57. The molecule has 0 aliphatic carbocycles. The zero-order valence-electron chi connectivity index (χ0n) is 13.3. The molecule has 23 heavy (non-hydrogen) atoms. The van der Waals surface area contributed by atoms with E-state index in [1.54, 1.807) is 23.6 Å². The Kier molecular flexibility index (Phi) is 5.92. The van der Waals surface area contributed by atoms with Crippen LogP contribution in [0.5, 0.6) is 0 Å². The van der Waals surface area contributed by atoms with Crippen molar-refractivity contribution in [2.45, 2.75) is 26.3 Å². The van der Waals surface area contributed by atoms with Gasteiger partial charge >= 0.3 is 5.97 Å². The first-order valence-electron chi connectivity index (χ1n) is 7.69. The van der Waals surface area contributed by atoms with Crippen LogP contribution in [0, 0.1) is 0 Å². The minimum absolute atomic E-state index is 0.0481. The Balaban J connectivity index is 2.13. The van der Waals surface area contributed by atoms with Crippen molar-refractivity contribution in [3.63, 3.8) is 0 Å². The Morgan fingerprint density at radius 3 is 2.57 bits per heavy atom. The van der Waals surface area contributed by atoms with Crippen LogP contribution in [0.3, 0.4) is 0 Å². The zero-order chi connectivity index (χ0) is 16.7. The highest BCUT2D eigenvalue weighted by Gasteiger charge is 2.10. The summed E-state index contributed by atoms with van der Waals surface area (Å²) in [6, 6.07) is 15.0. The summed E-state index contributed by atoms with van der Waals surface area (Å²) < 4.78 is 6.66. The van der Waals surface area contributed by atoms with Crippen molar-refractivity contribution in [2.24, 2.45) is 0 Å². The molecule has 1 aromatic heterocycles. The average molecular weight is 311 g/mol. The number of rotatable bonds is 7. The Morgan fingerprint density at radius 2 is 1.87 bits per heavy atom. The molecule has 0 fully saturated rings. The normalized spacial score (nSPS) is 10.3. The number of benzene rings is 1. The van der Waals surface area contributed by atoms with Crippen LogP contribution in [0.25, 0.3) is 0 Å². The third-order valence-corrected chi connectivity index (χ3v) is 3.57. The van der Waals surface area contributed by atoms with Gasteiger partial charge < -0.3 is 9.30 Å². The molecule has 0 radical (unpaired) electrons. The molecule has 2 aromatic rings. The van der Waals surface area contributed by atoms with E-state index in [4.69, 9.17) is 4.74 Å². The van der Waals surface area contributed by atoms with Crippen molar-refractivity contribution < 1.29 is 9.53 Å². The summed E-state index contributed by atoms with van der Waals surface area (Å²) in [5, 5.41) is 0. The smallest absolute Gasteiger partial charge is 0.333 e. The highest BCUT2D eigenvalue weighted by Crippen LogP contribution is 2.10. The number of aromatic nitrogens is 1. The predicted octanol–water partition coefficient (Wildman–Crippen LogP) is 2.95. The first-order valence-corrected chi connectivity index (χ1v) is 7.69. The maximum Gasteiger partial charge on any atom is 0.333 e. The van der Waals surface area contributed by atoms with Crippen LogP contribution in [0.4, 0.5) is 0 Å². The van der Waals surface area contributed by atoms with Gasteiger partial charge in [0.1, 0.15) is 0 Å². The fraction of sp³-hybridized carbons (Fsp3) is 0.263. The molecule has 0 unspecified atom stereocenters. The second kappa shape index (κ2) is 8.13. The summed E-state index contributed by atoms with van der Waals surface area (Å²) in [5.41, 5.74) is 2.32. The Morgan fingerprint density at radius 1 is 1.13 bits per heavy atom. The second-order valence-corrected chi connectivity index (χ2v) is 5.25. The maximum atomic E-state index is 12.2. The molecule has 4 heteroatoms. The van der Waals surface area contributed by atoms with E-state index in [-0.39, 0.29) is 11.5 Å². The Hall–Kier alpha value is -2.62. The molecule has 0 N–H and O–H groups in total. The zero-order valence-corrected chi connectivity index (χ0v) is 13.3. The lowest BCUT2D eigenvalue weighted by atomic mass is 10.1. The van der Waals surface area contributed by atoms with Crippen LogP contribution in [0.2, 0.25) is 0 Å². The van der Waals surface area contributed by atoms with Gasteiger partial charge in [-0.3, -0.25) is 4.79 Å². The van der Waals surface area contributed by atoms with E-state index in [9.17, 15) is 9.59 Å². The predicted molar refractivity (Wildman–Crippen MR) is 90.3 cm³/mol. The fourth-order valence-corrected chi connectivity index (χ4v) is 2.34. The minimum Gasteiger partial charge on any atom is -0.463 e. The topological polar surface area (TPSA) is 48.3 Å². The van der Waals surface area contributed by atoms with Crippen molar-refractivity contribution in [1.82, 2.24) is 4.57 Å². The monoisotopic (exact) mass is 311 g/mol. The van der Waals surface area contributed by atoms with Crippen molar-refractivity contribution in [3.8, 4) is 0 Å². The Labute approximate surface area is 136 Å². The molecule has 0 atom stereocenters. The van der Waals surface area contributed by atoms with Gasteiger partial charge in [0, 0.05) is 17.3 Å². The highest BCUT2D eigenvalue weighted by atomic mass is 16.5. The second-order valence-electron chi connectivity index (χ2n) is 5.25. The van der Waals surface area contributed by atoms with Crippen LogP contribution in [0.15, 0.2) is 65.5 Å². The van der Waals surface area contributed by atoms with E-state index >= 15 is 0 Å². The van der Waals surface area contributed by atoms with Gasteiger partial charge in [-0.1, -0.05) is 43.0 Å². The molecule has 0 amide bonds. The number of aryl methyl sites for hydroxylation is 1. The molecule has 0 saturated carbocycles. The van der Waals surface area contributed by atoms with Crippen molar-refractivity contribution in [2.75, 3.05) is 6.61 Å². The lowest BCUT2D eigenvalue weighted by Gasteiger charge is -2.13. The number of carbonyl (C=O) groups excluding carboxylic acids is 1. The summed E-state index contributed by atoms with van der Waals surface area (Å²) in [6.07, 6.45) is 1.04. The summed E-state index contributed by atoms with van der Waals surface area (Å²) >= 11 is 0. The molecule has 0 aliphatic heterocycles. The SMILES string of the molecule is C=C(CCc1cccc(=O)n1Cc1ccccc1)C(=O)OCC. The molecule has 1 heterocycles. The standard InChI is InChI=1S/C19H21NO3/c1-3-23-19(22)15(2)12-13-17-10-7-11-18(21)20(17)14-16-8-5-4-6-9-16/h4-11H,2-3,12-14H2,1H3. The molecule has 4 nitrogen and oxygen atoms in total. The van der Waals surface area contributed by atoms with Crippen molar-refractivity contribution in [3.05, 3.63) is 82.3 Å². The molecular weight excluding hydrogens is 290 g/mol. The lowest BCUT2D eigenvalue weighted by molar-refractivity contribution is -0.138. The van der Waals surface area contributed by atoms with E-state index in [2.05, 4.69) is 6.58 Å². The number of esters is 1. The first kappa shape index (κ1) is 16.7. The minimum atomic E-state index is -0.375. The van der Waals surface area contributed by atoms with Crippen LogP contribution >= 0.6 is 0 Å². The van der Waals surface area contributed by atoms with E-state index in [0.717, 1.165) is 11.3 Å². The molecular formula is C19H21NO3. The van der Waals surface area contributed by atoms with Gasteiger partial charge in [-0.25, -0.2) is 4.79 Å². The van der Waals surface area contributed by atoms with Gasteiger partial charge in [-0.2, -0.15) is 0 Å².